The molecule has 0 aromatic heterocycles. The molecule has 10 nitrogen and oxygen atoms in total. The van der Waals surface area contributed by atoms with Crippen LogP contribution in [0.5, 0.6) is 5.75 Å². The largest absolute Gasteiger partial charge is 0.483 e. The lowest BCUT2D eigenvalue weighted by molar-refractivity contribution is -0.118. The molecule has 4 N–H and O–H groups in total. The quantitative estimate of drug-likeness (QED) is 0.327. The number of halogens is 2. The normalized spacial score (nSPS) is 10.8. The van der Waals surface area contributed by atoms with E-state index in [0.717, 1.165) is 0 Å². The van der Waals surface area contributed by atoms with Gasteiger partial charge in [0.25, 0.3) is 15.9 Å². The number of nitrogens with one attached hydrogen (secondary N) is 2. The maximum atomic E-state index is 13.1. The fourth-order valence-corrected chi connectivity index (χ4v) is 4.76. The molecule has 0 unspecified atom stereocenters. The van der Waals surface area contributed by atoms with E-state index in [-0.39, 0.29) is 37.4 Å². The summed E-state index contributed by atoms with van der Waals surface area (Å²) in [5.74, 6) is -1.90. The first-order chi connectivity index (χ1) is 17.9. The molecular formula is C25H20Cl2N4O6S. The van der Waals surface area contributed by atoms with Gasteiger partial charge in [0, 0.05) is 21.3 Å². The lowest BCUT2D eigenvalue weighted by atomic mass is 10.0. The molecule has 0 atom stereocenters. The molecule has 0 aliphatic carbocycles. The van der Waals surface area contributed by atoms with Gasteiger partial charge < -0.3 is 15.8 Å². The first-order valence-electron chi connectivity index (χ1n) is 10.8. The summed E-state index contributed by atoms with van der Waals surface area (Å²) in [6.45, 7) is 0.580. The highest BCUT2D eigenvalue weighted by molar-refractivity contribution is 7.90. The summed E-state index contributed by atoms with van der Waals surface area (Å²) < 4.78 is 31.9. The van der Waals surface area contributed by atoms with E-state index in [1.54, 1.807) is 6.92 Å². The molecule has 3 rings (SSSR count). The van der Waals surface area contributed by atoms with E-state index >= 15 is 0 Å². The molecule has 13 heteroatoms. The van der Waals surface area contributed by atoms with Crippen molar-refractivity contribution in [1.82, 2.24) is 4.72 Å². The third kappa shape index (κ3) is 7.08. The standard InChI is InChI=1S/C25H20Cl2N4O6S/c1-14-6-19(38(35,36)31-23(32)12-29)3-4-21(14)30-24(33)13-37-22-5-2-17(26)10-20(22)25(34)16-7-15(11-28)8-18(27)9-16/h2-10H,12-13,29H2,1H3,(H,30,33)(H,31,32). The molecule has 38 heavy (non-hydrogen) atoms. The van der Waals surface area contributed by atoms with Gasteiger partial charge in [-0.1, -0.05) is 23.2 Å². The number of carbonyl (C=O) groups is 3. The minimum Gasteiger partial charge on any atom is -0.483 e. The van der Waals surface area contributed by atoms with E-state index < -0.39 is 40.8 Å². The van der Waals surface area contributed by atoms with Gasteiger partial charge in [0.1, 0.15) is 5.75 Å². The number of aryl methyl sites for hydroxylation is 1. The van der Waals surface area contributed by atoms with Crippen molar-refractivity contribution in [2.45, 2.75) is 11.8 Å². The Morgan fingerprint density at radius 2 is 1.74 bits per heavy atom. The van der Waals surface area contributed by atoms with Crippen LogP contribution in [0.15, 0.2) is 59.5 Å². The average Bonchev–Trinajstić information content (AvgIpc) is 2.87. The van der Waals surface area contributed by atoms with E-state index in [2.05, 4.69) is 5.32 Å². The van der Waals surface area contributed by atoms with Crippen LogP contribution in [0, 0.1) is 18.3 Å². The zero-order valence-corrected chi connectivity index (χ0v) is 22.1. The van der Waals surface area contributed by atoms with Gasteiger partial charge in [-0.05, 0) is 67.1 Å². The predicted octanol–water partition coefficient (Wildman–Crippen LogP) is 3.19. The number of rotatable bonds is 9. The summed E-state index contributed by atoms with van der Waals surface area (Å²) in [7, 11) is -4.12. The van der Waals surface area contributed by atoms with Gasteiger partial charge in [-0.2, -0.15) is 5.26 Å². The maximum Gasteiger partial charge on any atom is 0.264 e. The number of ketones is 1. The Morgan fingerprint density at radius 3 is 2.39 bits per heavy atom. The first-order valence-corrected chi connectivity index (χ1v) is 13.0. The highest BCUT2D eigenvalue weighted by Crippen LogP contribution is 2.27. The summed E-state index contributed by atoms with van der Waals surface area (Å²) >= 11 is 12.1. The Bertz CT molecular complexity index is 1590. The Balaban J connectivity index is 1.75. The number of benzene rings is 3. The van der Waals surface area contributed by atoms with E-state index in [0.29, 0.717) is 11.3 Å². The number of nitrogens with two attached hydrogens (primary N) is 1. The van der Waals surface area contributed by atoms with E-state index in [4.69, 9.17) is 38.9 Å². The molecule has 2 amide bonds. The van der Waals surface area contributed by atoms with Gasteiger partial charge in [-0.3, -0.25) is 14.4 Å². The fourth-order valence-electron chi connectivity index (χ4n) is 3.27. The first kappa shape index (κ1) is 28.6. The van der Waals surface area contributed by atoms with E-state index in [9.17, 15) is 22.8 Å². The number of sulfonamides is 1. The SMILES string of the molecule is Cc1cc(S(=O)(=O)NC(=O)CN)ccc1NC(=O)COc1ccc(Cl)cc1C(=O)c1cc(Cl)cc(C#N)c1. The smallest absolute Gasteiger partial charge is 0.264 e. The zero-order valence-electron chi connectivity index (χ0n) is 19.7. The van der Waals surface area contributed by atoms with Crippen molar-refractivity contribution in [3.63, 3.8) is 0 Å². The van der Waals surface area contributed by atoms with Crippen molar-refractivity contribution < 1.29 is 27.5 Å². The molecule has 196 valence electrons. The number of nitriles is 1. The highest BCUT2D eigenvalue weighted by Gasteiger charge is 2.20. The van der Waals surface area contributed by atoms with Gasteiger partial charge >= 0.3 is 0 Å². The molecular weight excluding hydrogens is 555 g/mol. The highest BCUT2D eigenvalue weighted by atomic mass is 35.5. The number of nitrogens with zero attached hydrogens (tertiary/aromatic N) is 1. The van der Waals surface area contributed by atoms with Gasteiger partial charge in [0.15, 0.2) is 12.4 Å². The van der Waals surface area contributed by atoms with Crippen molar-refractivity contribution in [3.05, 3.63) is 86.9 Å². The Hall–Kier alpha value is -3.95. The molecule has 0 saturated heterocycles. The van der Waals surface area contributed by atoms with Crippen LogP contribution in [0.4, 0.5) is 5.69 Å². The number of ether oxygens (including phenoxy) is 1. The van der Waals surface area contributed by atoms with Crippen molar-refractivity contribution in [2.75, 3.05) is 18.5 Å². The van der Waals surface area contributed by atoms with E-state index in [1.807, 2.05) is 10.8 Å². The molecule has 0 radical (unpaired) electrons. The summed E-state index contributed by atoms with van der Waals surface area (Å²) in [5.41, 5.74) is 6.23. The lowest BCUT2D eigenvalue weighted by Crippen LogP contribution is -2.35. The fraction of sp³-hybridized carbons (Fsp3) is 0.120. The molecule has 0 bridgehead atoms. The van der Waals surface area contributed by atoms with Crippen LogP contribution in [0.3, 0.4) is 0 Å². The maximum absolute atomic E-state index is 13.1. The van der Waals surface area contributed by atoms with E-state index in [1.165, 1.54) is 54.6 Å². The second-order valence-electron chi connectivity index (χ2n) is 7.86. The van der Waals surface area contributed by atoms with Gasteiger partial charge in [-0.15, -0.1) is 0 Å². The Kier molecular flexibility index (Phi) is 9.08. The summed E-state index contributed by atoms with van der Waals surface area (Å²) in [4.78, 5) is 36.9. The Labute approximate surface area is 228 Å². The van der Waals surface area contributed by atoms with Crippen LogP contribution in [0.2, 0.25) is 10.0 Å². The van der Waals surface area contributed by atoms with Crippen molar-refractivity contribution >= 4 is 56.5 Å². The van der Waals surface area contributed by atoms with Gasteiger partial charge in [-0.25, -0.2) is 13.1 Å². The van der Waals surface area contributed by atoms with Crippen LogP contribution in [-0.2, 0) is 19.6 Å². The molecule has 0 fully saturated rings. The Morgan fingerprint density at radius 1 is 1.00 bits per heavy atom. The van der Waals surface area contributed by atoms with Crippen LogP contribution in [0.1, 0.15) is 27.0 Å². The minimum atomic E-state index is -4.12. The molecule has 3 aromatic carbocycles. The second-order valence-corrected chi connectivity index (χ2v) is 10.4. The van der Waals surface area contributed by atoms with Crippen molar-refractivity contribution in [1.29, 1.82) is 5.26 Å². The summed E-state index contributed by atoms with van der Waals surface area (Å²) in [6.07, 6.45) is 0. The third-order valence-electron chi connectivity index (χ3n) is 5.05. The third-order valence-corrected chi connectivity index (χ3v) is 6.87. The van der Waals surface area contributed by atoms with Crippen molar-refractivity contribution in [3.8, 4) is 11.8 Å². The predicted molar refractivity (Wildman–Crippen MR) is 141 cm³/mol. The minimum absolute atomic E-state index is 0.0572. The summed E-state index contributed by atoms with van der Waals surface area (Å²) in [6, 6.07) is 14.3. The van der Waals surface area contributed by atoms with Gasteiger partial charge in [0.2, 0.25) is 5.91 Å². The number of hydrogen-bond donors (Lipinski definition) is 3. The molecule has 0 spiro atoms. The van der Waals surface area contributed by atoms with Crippen molar-refractivity contribution in [2.24, 2.45) is 5.73 Å². The van der Waals surface area contributed by atoms with Crippen LogP contribution < -0.4 is 20.5 Å². The second kappa shape index (κ2) is 12.1. The number of anilines is 1. The summed E-state index contributed by atoms with van der Waals surface area (Å²) in [5, 5.41) is 12.2. The molecule has 0 heterocycles. The molecule has 3 aromatic rings. The molecule has 0 aliphatic heterocycles. The van der Waals surface area contributed by atoms with Crippen LogP contribution >= 0.6 is 23.2 Å². The lowest BCUT2D eigenvalue weighted by Gasteiger charge is -2.14. The molecule has 0 aliphatic rings. The molecule has 0 saturated carbocycles. The number of hydrogen-bond acceptors (Lipinski definition) is 8. The van der Waals surface area contributed by atoms with Gasteiger partial charge in [0.05, 0.1) is 28.6 Å². The number of carbonyl (C=O) groups excluding carboxylic acids is 3. The monoisotopic (exact) mass is 574 g/mol. The topological polar surface area (TPSA) is 168 Å². The number of amides is 2. The average molecular weight is 575 g/mol. The van der Waals surface area contributed by atoms with Crippen LogP contribution in [-0.4, -0.2) is 39.2 Å². The zero-order chi connectivity index (χ0) is 28.0. The van der Waals surface area contributed by atoms with Crippen LogP contribution in [0.25, 0.3) is 0 Å².